The first-order valence-corrected chi connectivity index (χ1v) is 0.775. The molecule has 0 heterocycles. The number of hydrogen-bond acceptors (Lipinski definition) is 7. The molecule has 0 saturated carbocycles. The summed E-state index contributed by atoms with van der Waals surface area (Å²) in [6, 6.07) is 0. The van der Waals surface area contributed by atoms with Crippen LogP contribution in [0.2, 0.25) is 0 Å². The van der Waals surface area contributed by atoms with Crippen molar-refractivity contribution >= 4 is 7.32 Å². The molecule has 0 aliphatic carbocycles. The van der Waals surface area contributed by atoms with E-state index in [-0.39, 0.29) is 26.0 Å². The lowest BCUT2D eigenvalue weighted by molar-refractivity contribution is 0.278. The van der Waals surface area contributed by atoms with E-state index in [1.54, 1.807) is 0 Å². The predicted octanol–water partition coefficient (Wildman–Crippen LogP) is -1.16. The van der Waals surface area contributed by atoms with E-state index >= 15 is 0 Å². The minimum absolute atomic E-state index is 0. The zero-order valence-corrected chi connectivity index (χ0v) is 4.75. The summed E-state index contributed by atoms with van der Waals surface area (Å²) in [7, 11) is -2.17. The van der Waals surface area contributed by atoms with Crippen LogP contribution in [0.5, 0.6) is 0 Å². The Hall–Kier alpha value is -0.215. The maximum Gasteiger partial charge on any atom is 0.631 e. The third-order valence-electron chi connectivity index (χ3n) is 0. The van der Waals surface area contributed by atoms with Crippen LogP contribution in [0.1, 0.15) is 1.43 Å². The smallest absolute Gasteiger partial charge is 0.402 e. The summed E-state index contributed by atoms with van der Waals surface area (Å²) >= 11 is 0. The van der Waals surface area contributed by atoms with Crippen LogP contribution >= 0.6 is 0 Å². The van der Waals surface area contributed by atoms with Crippen molar-refractivity contribution in [2.24, 2.45) is 0 Å². The summed E-state index contributed by atoms with van der Waals surface area (Å²) in [6.07, 6.45) is 0. The van der Waals surface area contributed by atoms with Crippen LogP contribution in [-0.4, -0.2) is 22.4 Å². The van der Waals surface area contributed by atoms with Crippen LogP contribution in [0.3, 0.4) is 0 Å². The zero-order valence-electron chi connectivity index (χ0n) is 4.75. The molecule has 15 N–H and O–H groups in total. The molecule has 0 bridgehead atoms. The monoisotopic (exact) mass is 132 g/mol. The van der Waals surface area contributed by atoms with Gasteiger partial charge in [0.2, 0.25) is 0 Å². The maximum absolute atomic E-state index is 7.17. The molecule has 0 aromatic carbocycles. The molecular formula is H17BN4O3. The van der Waals surface area contributed by atoms with Crippen molar-refractivity contribution in [3.63, 3.8) is 0 Å². The Balaban J connectivity index is -0.00000000450. The maximum atomic E-state index is 7.17. The Bertz CT molecular complexity index is 20.5. The molecule has 58 valence electrons. The molecule has 0 aromatic rings. The standard InChI is InChI=1S/BH3O3.4H3N.H2/c2-1(3)4;;;;;/h2-4H;4*1H3;1H. The normalized spacial score (nSPS) is 3.38. The second-order valence-electron chi connectivity index (χ2n) is 0.346. The molecule has 8 heavy (non-hydrogen) atoms. The molecule has 0 radical (unpaired) electrons. The number of rotatable bonds is 0. The molecule has 0 aromatic heterocycles. The molecule has 8 heteroatoms. The summed E-state index contributed by atoms with van der Waals surface area (Å²) in [4.78, 5) is 0. The van der Waals surface area contributed by atoms with Crippen molar-refractivity contribution in [2.45, 2.75) is 0 Å². The van der Waals surface area contributed by atoms with Gasteiger partial charge in [0.25, 0.3) is 0 Å². The topological polar surface area (TPSA) is 201 Å². The highest BCUT2D eigenvalue weighted by molar-refractivity contribution is 6.30. The Morgan fingerprint density at radius 2 is 0.750 bits per heavy atom. The summed E-state index contributed by atoms with van der Waals surface area (Å²) in [5.74, 6) is 0. The predicted molar refractivity (Wildman–Crippen MR) is 34.6 cm³/mol. The Morgan fingerprint density at radius 1 is 0.750 bits per heavy atom. The summed E-state index contributed by atoms with van der Waals surface area (Å²) in [5.41, 5.74) is 0. The van der Waals surface area contributed by atoms with E-state index in [0.29, 0.717) is 0 Å². The van der Waals surface area contributed by atoms with Crippen LogP contribution < -0.4 is 24.6 Å². The Kier molecular flexibility index (Phi) is 169. The Labute approximate surface area is 49.7 Å². The van der Waals surface area contributed by atoms with Gasteiger partial charge in [-0.2, -0.15) is 0 Å². The van der Waals surface area contributed by atoms with Gasteiger partial charge < -0.3 is 39.7 Å². The highest BCUT2D eigenvalue weighted by Crippen LogP contribution is 1.40. The van der Waals surface area contributed by atoms with E-state index in [0.717, 1.165) is 0 Å². The van der Waals surface area contributed by atoms with Gasteiger partial charge in [-0.25, -0.2) is 0 Å². The van der Waals surface area contributed by atoms with Gasteiger partial charge in [-0.3, -0.25) is 0 Å². The first-order chi connectivity index (χ1) is 1.73. The minimum Gasteiger partial charge on any atom is -0.402 e. The van der Waals surface area contributed by atoms with Gasteiger partial charge in [-0.15, -0.1) is 0 Å². The van der Waals surface area contributed by atoms with E-state index in [9.17, 15) is 0 Å². The quantitative estimate of drug-likeness (QED) is 0.201. The highest BCUT2D eigenvalue weighted by Gasteiger charge is 1.92. The van der Waals surface area contributed by atoms with Gasteiger partial charge in [0.15, 0.2) is 0 Å². The van der Waals surface area contributed by atoms with Crippen molar-refractivity contribution in [3.05, 3.63) is 0 Å². The molecule has 0 aliphatic rings. The first kappa shape index (κ1) is 46.2. The lowest BCUT2D eigenvalue weighted by atomic mass is 10.3. The molecule has 0 saturated heterocycles. The summed E-state index contributed by atoms with van der Waals surface area (Å²) in [5, 5.41) is 21.5. The van der Waals surface area contributed by atoms with Crippen molar-refractivity contribution in [1.29, 1.82) is 0 Å². The third kappa shape index (κ3) is 2860. The SMILES string of the molecule is N.N.N.N.OB(O)O.[HH]. The lowest BCUT2D eigenvalue weighted by Crippen LogP contribution is -2.07. The van der Waals surface area contributed by atoms with Gasteiger partial charge in [-0.1, -0.05) is 0 Å². The molecule has 0 fully saturated rings. The molecule has 0 amide bonds. The van der Waals surface area contributed by atoms with Gasteiger partial charge in [0.1, 0.15) is 0 Å². The second kappa shape index (κ2) is 29.3. The van der Waals surface area contributed by atoms with E-state index in [1.807, 2.05) is 0 Å². The van der Waals surface area contributed by atoms with Crippen LogP contribution in [-0.2, 0) is 0 Å². The molecule has 0 aliphatic heterocycles. The van der Waals surface area contributed by atoms with Crippen LogP contribution in [0, 0.1) is 0 Å². The highest BCUT2D eigenvalue weighted by atomic mass is 16.5. The first-order valence-electron chi connectivity index (χ1n) is 0.775. The van der Waals surface area contributed by atoms with Crippen LogP contribution in [0.15, 0.2) is 0 Å². The van der Waals surface area contributed by atoms with Crippen molar-refractivity contribution in [3.8, 4) is 0 Å². The molecule has 0 unspecified atom stereocenters. The van der Waals surface area contributed by atoms with E-state index in [2.05, 4.69) is 0 Å². The van der Waals surface area contributed by atoms with E-state index < -0.39 is 7.32 Å². The van der Waals surface area contributed by atoms with Gasteiger partial charge in [0, 0.05) is 1.43 Å². The van der Waals surface area contributed by atoms with Crippen LogP contribution in [0.4, 0.5) is 0 Å². The molecule has 0 rings (SSSR count). The van der Waals surface area contributed by atoms with Crippen molar-refractivity contribution in [1.82, 2.24) is 24.6 Å². The minimum atomic E-state index is -2.17. The van der Waals surface area contributed by atoms with Gasteiger partial charge >= 0.3 is 7.32 Å². The Morgan fingerprint density at radius 3 is 0.750 bits per heavy atom. The molecule has 0 atom stereocenters. The summed E-state index contributed by atoms with van der Waals surface area (Å²) in [6.45, 7) is 0. The van der Waals surface area contributed by atoms with E-state index in [1.165, 1.54) is 0 Å². The van der Waals surface area contributed by atoms with E-state index in [4.69, 9.17) is 15.1 Å². The van der Waals surface area contributed by atoms with Crippen LogP contribution in [0.25, 0.3) is 0 Å². The molecule has 7 nitrogen and oxygen atoms in total. The molecular weight excluding hydrogens is 115 g/mol. The largest absolute Gasteiger partial charge is 0.631 e. The van der Waals surface area contributed by atoms with Crippen molar-refractivity contribution < 1.29 is 16.5 Å². The van der Waals surface area contributed by atoms with Gasteiger partial charge in [0.05, 0.1) is 0 Å². The average molecular weight is 132 g/mol. The fourth-order valence-corrected chi connectivity index (χ4v) is 0. The van der Waals surface area contributed by atoms with Gasteiger partial charge in [-0.05, 0) is 0 Å². The fourth-order valence-electron chi connectivity index (χ4n) is 0. The third-order valence-corrected chi connectivity index (χ3v) is 0. The van der Waals surface area contributed by atoms with Crippen molar-refractivity contribution in [2.75, 3.05) is 0 Å². The summed E-state index contributed by atoms with van der Waals surface area (Å²) < 4.78 is 0. The number of hydrogen-bond donors (Lipinski definition) is 7. The zero-order chi connectivity index (χ0) is 3.58. The second-order valence-corrected chi connectivity index (χ2v) is 0.346. The lowest BCUT2D eigenvalue weighted by Gasteiger charge is -1.69. The average Bonchev–Trinajstić information content (AvgIpc) is 0.811. The fraction of sp³-hybridized carbons (Fsp3) is 0. The molecule has 0 spiro atoms.